The molecule has 5 heteroatoms. The van der Waals surface area contributed by atoms with E-state index in [1.807, 2.05) is 6.07 Å². The van der Waals surface area contributed by atoms with Gasteiger partial charge in [-0.05, 0) is 19.3 Å². The summed E-state index contributed by atoms with van der Waals surface area (Å²) in [7, 11) is 0. The Labute approximate surface area is 74.9 Å². The second kappa shape index (κ2) is 4.17. The van der Waals surface area contributed by atoms with Gasteiger partial charge in [0.05, 0.1) is 6.07 Å². The summed E-state index contributed by atoms with van der Waals surface area (Å²) >= 11 is 0. The maximum atomic E-state index is 12.0. The molecule has 0 aromatic rings. The third-order valence-corrected chi connectivity index (χ3v) is 2.12. The van der Waals surface area contributed by atoms with Gasteiger partial charge in [-0.3, -0.25) is 4.79 Å². The molecule has 0 N–H and O–H groups in total. The normalized spacial score (nSPS) is 22.9. The molecule has 3 nitrogen and oxygen atoms in total. The summed E-state index contributed by atoms with van der Waals surface area (Å²) in [4.78, 5) is 11.9. The van der Waals surface area contributed by atoms with Crippen molar-refractivity contribution in [3.05, 3.63) is 0 Å². The van der Waals surface area contributed by atoms with Gasteiger partial charge in [0, 0.05) is 6.54 Å². The number of halogens is 2. The van der Waals surface area contributed by atoms with E-state index in [-0.39, 0.29) is 6.54 Å². The highest BCUT2D eigenvalue weighted by molar-refractivity contribution is 5.80. The van der Waals surface area contributed by atoms with E-state index in [1.165, 1.54) is 0 Å². The fourth-order valence-electron chi connectivity index (χ4n) is 1.45. The zero-order valence-electron chi connectivity index (χ0n) is 7.04. The number of rotatable bonds is 1. The SMILES string of the molecule is N#CC1CCCCN1C(=O)C(F)F. The molecule has 0 saturated carbocycles. The second-order valence-electron chi connectivity index (χ2n) is 2.97. The van der Waals surface area contributed by atoms with Gasteiger partial charge in [-0.25, -0.2) is 0 Å². The van der Waals surface area contributed by atoms with Crippen molar-refractivity contribution >= 4 is 5.91 Å². The molecule has 1 aliphatic rings. The lowest BCUT2D eigenvalue weighted by atomic mass is 10.0. The van der Waals surface area contributed by atoms with Crippen LogP contribution < -0.4 is 0 Å². The summed E-state index contributed by atoms with van der Waals surface area (Å²) in [5.41, 5.74) is 0. The van der Waals surface area contributed by atoms with Crippen molar-refractivity contribution in [2.24, 2.45) is 0 Å². The minimum atomic E-state index is -2.99. The average molecular weight is 188 g/mol. The van der Waals surface area contributed by atoms with E-state index in [2.05, 4.69) is 0 Å². The van der Waals surface area contributed by atoms with Crippen LogP contribution >= 0.6 is 0 Å². The molecule has 1 unspecified atom stereocenters. The first-order valence-corrected chi connectivity index (χ1v) is 4.15. The Morgan fingerprint density at radius 3 is 2.77 bits per heavy atom. The van der Waals surface area contributed by atoms with Crippen molar-refractivity contribution in [2.75, 3.05) is 6.54 Å². The van der Waals surface area contributed by atoms with Gasteiger partial charge in [0.25, 0.3) is 5.91 Å². The van der Waals surface area contributed by atoms with Gasteiger partial charge in [0.15, 0.2) is 0 Å². The van der Waals surface area contributed by atoms with E-state index in [4.69, 9.17) is 5.26 Å². The van der Waals surface area contributed by atoms with Gasteiger partial charge in [0.2, 0.25) is 0 Å². The molecule has 1 amide bonds. The van der Waals surface area contributed by atoms with Crippen molar-refractivity contribution in [1.82, 2.24) is 4.90 Å². The fourth-order valence-corrected chi connectivity index (χ4v) is 1.45. The number of hydrogen-bond acceptors (Lipinski definition) is 2. The van der Waals surface area contributed by atoms with Gasteiger partial charge < -0.3 is 4.90 Å². The van der Waals surface area contributed by atoms with Crippen molar-refractivity contribution in [1.29, 1.82) is 5.26 Å². The van der Waals surface area contributed by atoms with E-state index in [0.29, 0.717) is 12.8 Å². The number of piperidine rings is 1. The van der Waals surface area contributed by atoms with Crippen molar-refractivity contribution in [2.45, 2.75) is 31.7 Å². The fraction of sp³-hybridized carbons (Fsp3) is 0.750. The van der Waals surface area contributed by atoms with Crippen molar-refractivity contribution in [3.8, 4) is 6.07 Å². The van der Waals surface area contributed by atoms with Crippen molar-refractivity contribution < 1.29 is 13.6 Å². The number of amides is 1. The Morgan fingerprint density at radius 1 is 1.54 bits per heavy atom. The van der Waals surface area contributed by atoms with Crippen LogP contribution in [0, 0.1) is 11.3 Å². The molecule has 1 heterocycles. The van der Waals surface area contributed by atoms with Crippen LogP contribution in [0.5, 0.6) is 0 Å². The van der Waals surface area contributed by atoms with Gasteiger partial charge in [-0.15, -0.1) is 0 Å². The van der Waals surface area contributed by atoms with Crippen LogP contribution in [0.2, 0.25) is 0 Å². The highest BCUT2D eigenvalue weighted by Gasteiger charge is 2.31. The minimum Gasteiger partial charge on any atom is -0.322 e. The smallest absolute Gasteiger partial charge is 0.315 e. The van der Waals surface area contributed by atoms with Crippen LogP contribution in [0.1, 0.15) is 19.3 Å². The molecule has 0 aliphatic carbocycles. The van der Waals surface area contributed by atoms with E-state index in [1.54, 1.807) is 0 Å². The standard InChI is InChI=1S/C8H10F2N2O/c9-7(10)8(13)12-4-2-1-3-6(12)5-11/h6-7H,1-4H2. The summed E-state index contributed by atoms with van der Waals surface area (Å²) in [6.45, 7) is 0.279. The number of hydrogen-bond donors (Lipinski definition) is 0. The zero-order valence-corrected chi connectivity index (χ0v) is 7.04. The predicted molar refractivity (Wildman–Crippen MR) is 41.0 cm³/mol. The molecule has 1 aliphatic heterocycles. The highest BCUT2D eigenvalue weighted by Crippen LogP contribution is 2.18. The topological polar surface area (TPSA) is 44.1 Å². The summed E-state index contributed by atoms with van der Waals surface area (Å²) in [6.07, 6.45) is -0.953. The molecule has 1 fully saturated rings. The summed E-state index contributed by atoms with van der Waals surface area (Å²) in [5, 5.41) is 8.60. The summed E-state index contributed by atoms with van der Waals surface area (Å²) in [5.74, 6) is -1.22. The Hall–Kier alpha value is -1.18. The van der Waals surface area contributed by atoms with Crippen LogP contribution in [0.4, 0.5) is 8.78 Å². The summed E-state index contributed by atoms with van der Waals surface area (Å²) in [6, 6.07) is 1.20. The molecule has 0 bridgehead atoms. The number of likely N-dealkylation sites (tertiary alicyclic amines) is 1. The number of carbonyl (C=O) groups excluding carboxylic acids is 1. The Kier molecular flexibility index (Phi) is 3.18. The number of nitriles is 1. The Balaban J connectivity index is 2.65. The van der Waals surface area contributed by atoms with Gasteiger partial charge in [-0.2, -0.15) is 14.0 Å². The molecule has 1 rings (SSSR count). The first kappa shape index (κ1) is 9.90. The van der Waals surface area contributed by atoms with Gasteiger partial charge in [0.1, 0.15) is 6.04 Å². The predicted octanol–water partition coefficient (Wildman–Crippen LogP) is 1.16. The van der Waals surface area contributed by atoms with E-state index < -0.39 is 18.4 Å². The second-order valence-corrected chi connectivity index (χ2v) is 2.97. The van der Waals surface area contributed by atoms with Crippen LogP contribution in [0.25, 0.3) is 0 Å². The summed E-state index contributed by atoms with van der Waals surface area (Å²) < 4.78 is 24.0. The van der Waals surface area contributed by atoms with E-state index in [9.17, 15) is 13.6 Å². The van der Waals surface area contributed by atoms with Crippen LogP contribution in [-0.2, 0) is 4.79 Å². The van der Waals surface area contributed by atoms with Gasteiger partial charge >= 0.3 is 6.43 Å². The van der Waals surface area contributed by atoms with E-state index >= 15 is 0 Å². The molecule has 0 radical (unpaired) electrons. The Morgan fingerprint density at radius 2 is 2.23 bits per heavy atom. The third kappa shape index (κ3) is 2.14. The maximum absolute atomic E-state index is 12.0. The number of carbonyl (C=O) groups is 1. The molecule has 1 saturated heterocycles. The largest absolute Gasteiger partial charge is 0.322 e. The van der Waals surface area contributed by atoms with Crippen LogP contribution in [0.15, 0.2) is 0 Å². The first-order valence-electron chi connectivity index (χ1n) is 4.15. The van der Waals surface area contributed by atoms with Gasteiger partial charge in [-0.1, -0.05) is 0 Å². The maximum Gasteiger partial charge on any atom is 0.315 e. The average Bonchev–Trinajstić information content (AvgIpc) is 2.16. The third-order valence-electron chi connectivity index (χ3n) is 2.12. The molecule has 0 spiro atoms. The molecule has 1 atom stereocenters. The number of nitrogens with zero attached hydrogens (tertiary/aromatic N) is 2. The molecular formula is C8H10F2N2O. The lowest BCUT2D eigenvalue weighted by Gasteiger charge is -2.30. The first-order chi connectivity index (χ1) is 6.16. The number of alkyl halides is 2. The Bertz CT molecular complexity index is 237. The monoisotopic (exact) mass is 188 g/mol. The lowest BCUT2D eigenvalue weighted by Crippen LogP contribution is -2.45. The zero-order chi connectivity index (χ0) is 9.84. The van der Waals surface area contributed by atoms with Crippen LogP contribution in [-0.4, -0.2) is 29.8 Å². The van der Waals surface area contributed by atoms with Crippen molar-refractivity contribution in [3.63, 3.8) is 0 Å². The minimum absolute atomic E-state index is 0.279. The quantitative estimate of drug-likeness (QED) is 0.619. The highest BCUT2D eigenvalue weighted by atomic mass is 19.3. The molecule has 0 aromatic carbocycles. The molecular weight excluding hydrogens is 178 g/mol. The molecule has 0 aromatic heterocycles. The molecule has 72 valence electrons. The molecule has 13 heavy (non-hydrogen) atoms. The van der Waals surface area contributed by atoms with E-state index in [0.717, 1.165) is 11.3 Å². The van der Waals surface area contributed by atoms with Crippen LogP contribution in [0.3, 0.4) is 0 Å². The lowest BCUT2D eigenvalue weighted by molar-refractivity contribution is -0.145.